The maximum atomic E-state index is 5.95. The average molecular weight is 286 g/mol. The minimum Gasteiger partial charge on any atom is -0.309 e. The Kier molecular flexibility index (Phi) is 2.60. The lowest BCUT2D eigenvalue weighted by atomic mass is 10.2. The molecule has 0 aliphatic heterocycles. The van der Waals surface area contributed by atoms with Gasteiger partial charge in [-0.2, -0.15) is 5.10 Å². The molecule has 0 bridgehead atoms. The molecule has 1 aliphatic rings. The Morgan fingerprint density at radius 2 is 2.15 bits per heavy atom. The zero-order chi connectivity index (χ0) is 13.5. The summed E-state index contributed by atoms with van der Waals surface area (Å²) in [6.45, 7) is 0. The third-order valence-corrected chi connectivity index (χ3v) is 3.58. The Labute approximate surface area is 120 Å². The lowest BCUT2D eigenvalue weighted by Gasteiger charge is -2.08. The van der Waals surface area contributed by atoms with Crippen LogP contribution in [0.1, 0.15) is 18.9 Å². The number of nitrogens with one attached hydrogen (secondary N) is 1. The van der Waals surface area contributed by atoms with Gasteiger partial charge in [-0.1, -0.05) is 11.6 Å². The minimum atomic E-state index is 0.520. The van der Waals surface area contributed by atoms with Gasteiger partial charge < -0.3 is 5.32 Å². The molecule has 2 heterocycles. The van der Waals surface area contributed by atoms with E-state index in [0.717, 1.165) is 16.7 Å². The standard InChI is InChI=1S/C14H12ClN5/c15-10-1-4-12-9(7-10)8-16-14(18-12)19-13-5-6-17-20(13)11-2-3-11/h1,4-8,11H,2-3H2,(H,16,18,19). The first-order valence-corrected chi connectivity index (χ1v) is 6.90. The second kappa shape index (κ2) is 4.45. The zero-order valence-electron chi connectivity index (χ0n) is 10.6. The number of fused-ring (bicyclic) bond motifs is 1. The third kappa shape index (κ3) is 2.10. The Balaban J connectivity index is 1.68. The lowest BCUT2D eigenvalue weighted by molar-refractivity contribution is 0.649. The second-order valence-corrected chi connectivity index (χ2v) is 5.35. The molecule has 0 spiro atoms. The van der Waals surface area contributed by atoms with E-state index >= 15 is 0 Å². The number of hydrogen-bond acceptors (Lipinski definition) is 4. The molecule has 1 aromatic carbocycles. The summed E-state index contributed by atoms with van der Waals surface area (Å²) in [6, 6.07) is 8.03. The lowest BCUT2D eigenvalue weighted by Crippen LogP contribution is -2.04. The molecule has 0 atom stereocenters. The van der Waals surface area contributed by atoms with Crippen LogP contribution in [-0.4, -0.2) is 19.7 Å². The molecule has 5 nitrogen and oxygen atoms in total. The molecule has 4 rings (SSSR count). The quantitative estimate of drug-likeness (QED) is 0.799. The van der Waals surface area contributed by atoms with E-state index in [1.165, 1.54) is 12.8 Å². The van der Waals surface area contributed by atoms with Crippen molar-refractivity contribution in [1.82, 2.24) is 19.7 Å². The molecular formula is C14H12ClN5. The second-order valence-electron chi connectivity index (χ2n) is 4.91. The number of rotatable bonds is 3. The Hall–Kier alpha value is -2.14. The van der Waals surface area contributed by atoms with Crippen molar-refractivity contribution in [2.45, 2.75) is 18.9 Å². The predicted octanol–water partition coefficient (Wildman–Crippen LogP) is 3.56. The first kappa shape index (κ1) is 11.7. The van der Waals surface area contributed by atoms with E-state index < -0.39 is 0 Å². The highest BCUT2D eigenvalue weighted by Gasteiger charge is 2.26. The highest BCUT2D eigenvalue weighted by atomic mass is 35.5. The summed E-state index contributed by atoms with van der Waals surface area (Å²) in [5.41, 5.74) is 0.865. The van der Waals surface area contributed by atoms with Crippen LogP contribution in [0.2, 0.25) is 5.02 Å². The first-order valence-electron chi connectivity index (χ1n) is 6.52. The molecule has 2 aromatic heterocycles. The highest BCUT2D eigenvalue weighted by Crippen LogP contribution is 2.36. The highest BCUT2D eigenvalue weighted by molar-refractivity contribution is 6.31. The average Bonchev–Trinajstić information content (AvgIpc) is 3.20. The van der Waals surface area contributed by atoms with Gasteiger partial charge >= 0.3 is 0 Å². The molecule has 0 radical (unpaired) electrons. The monoisotopic (exact) mass is 285 g/mol. The fraction of sp³-hybridized carbons (Fsp3) is 0.214. The van der Waals surface area contributed by atoms with Gasteiger partial charge in [-0.25, -0.2) is 14.6 Å². The van der Waals surface area contributed by atoms with Crippen LogP contribution in [0.25, 0.3) is 10.9 Å². The van der Waals surface area contributed by atoms with E-state index in [-0.39, 0.29) is 0 Å². The van der Waals surface area contributed by atoms with Crippen molar-refractivity contribution in [2.24, 2.45) is 0 Å². The zero-order valence-corrected chi connectivity index (χ0v) is 11.4. The van der Waals surface area contributed by atoms with Crippen molar-refractivity contribution < 1.29 is 0 Å². The van der Waals surface area contributed by atoms with Gasteiger partial charge in [-0.05, 0) is 31.0 Å². The van der Waals surface area contributed by atoms with Crippen LogP contribution in [0.15, 0.2) is 36.7 Å². The van der Waals surface area contributed by atoms with Crippen molar-refractivity contribution in [1.29, 1.82) is 0 Å². The molecule has 1 aliphatic carbocycles. The van der Waals surface area contributed by atoms with Crippen molar-refractivity contribution in [2.75, 3.05) is 5.32 Å². The molecule has 20 heavy (non-hydrogen) atoms. The van der Waals surface area contributed by atoms with Gasteiger partial charge in [0.05, 0.1) is 17.8 Å². The van der Waals surface area contributed by atoms with Gasteiger partial charge in [0.1, 0.15) is 5.82 Å². The van der Waals surface area contributed by atoms with Gasteiger partial charge in [-0.3, -0.25) is 0 Å². The molecular weight excluding hydrogens is 274 g/mol. The van der Waals surface area contributed by atoms with Gasteiger partial charge in [0.25, 0.3) is 0 Å². The van der Waals surface area contributed by atoms with Crippen LogP contribution >= 0.6 is 11.6 Å². The van der Waals surface area contributed by atoms with Crippen molar-refractivity contribution in [3.63, 3.8) is 0 Å². The van der Waals surface area contributed by atoms with E-state index in [0.29, 0.717) is 17.0 Å². The van der Waals surface area contributed by atoms with E-state index in [9.17, 15) is 0 Å². The molecule has 0 unspecified atom stereocenters. The van der Waals surface area contributed by atoms with Crippen LogP contribution < -0.4 is 5.32 Å². The Morgan fingerprint density at radius 1 is 1.25 bits per heavy atom. The summed E-state index contributed by atoms with van der Waals surface area (Å²) in [6.07, 6.45) is 5.94. The predicted molar refractivity (Wildman–Crippen MR) is 78.3 cm³/mol. The number of halogens is 1. The van der Waals surface area contributed by atoms with Crippen molar-refractivity contribution in [3.8, 4) is 0 Å². The van der Waals surface area contributed by atoms with Gasteiger partial charge in [0.2, 0.25) is 5.95 Å². The largest absolute Gasteiger partial charge is 0.309 e. The third-order valence-electron chi connectivity index (χ3n) is 3.34. The Morgan fingerprint density at radius 3 is 3.00 bits per heavy atom. The molecule has 1 N–H and O–H groups in total. The van der Waals surface area contributed by atoms with Gasteiger partial charge in [0.15, 0.2) is 0 Å². The molecule has 100 valence electrons. The smallest absolute Gasteiger partial charge is 0.228 e. The summed E-state index contributed by atoms with van der Waals surface area (Å²) >= 11 is 5.95. The van der Waals surface area contributed by atoms with Gasteiger partial charge in [0, 0.05) is 22.7 Å². The molecule has 0 amide bonds. The van der Waals surface area contributed by atoms with E-state index in [2.05, 4.69) is 20.4 Å². The topological polar surface area (TPSA) is 55.6 Å². The summed E-state index contributed by atoms with van der Waals surface area (Å²) in [4.78, 5) is 8.81. The fourth-order valence-electron chi connectivity index (χ4n) is 2.20. The van der Waals surface area contributed by atoms with Crippen molar-refractivity contribution in [3.05, 3.63) is 41.7 Å². The van der Waals surface area contributed by atoms with E-state index in [4.69, 9.17) is 11.6 Å². The van der Waals surface area contributed by atoms with E-state index in [1.807, 2.05) is 28.9 Å². The number of nitrogens with zero attached hydrogens (tertiary/aromatic N) is 4. The summed E-state index contributed by atoms with van der Waals surface area (Å²) in [7, 11) is 0. The number of anilines is 2. The molecule has 3 aromatic rings. The van der Waals surface area contributed by atoms with Crippen molar-refractivity contribution >= 4 is 34.3 Å². The number of benzene rings is 1. The van der Waals surface area contributed by atoms with Gasteiger partial charge in [-0.15, -0.1) is 0 Å². The molecule has 0 saturated heterocycles. The first-order chi connectivity index (χ1) is 9.79. The molecule has 1 fully saturated rings. The fourth-order valence-corrected chi connectivity index (χ4v) is 2.38. The van der Waals surface area contributed by atoms with Crippen LogP contribution in [0.3, 0.4) is 0 Å². The summed E-state index contributed by atoms with van der Waals surface area (Å²) in [5.74, 6) is 1.50. The number of aromatic nitrogens is 4. The normalized spacial score (nSPS) is 14.7. The minimum absolute atomic E-state index is 0.520. The Bertz CT molecular complexity index is 778. The summed E-state index contributed by atoms with van der Waals surface area (Å²) in [5, 5.41) is 9.17. The maximum Gasteiger partial charge on any atom is 0.228 e. The van der Waals surface area contributed by atoms with Crippen LogP contribution in [-0.2, 0) is 0 Å². The van der Waals surface area contributed by atoms with Crippen LogP contribution in [0.5, 0.6) is 0 Å². The van der Waals surface area contributed by atoms with E-state index in [1.54, 1.807) is 12.4 Å². The SMILES string of the molecule is Clc1ccc2nc(Nc3ccnn3C3CC3)ncc2c1. The van der Waals surface area contributed by atoms with Crippen LogP contribution in [0.4, 0.5) is 11.8 Å². The maximum absolute atomic E-state index is 5.95. The summed E-state index contributed by atoms with van der Waals surface area (Å²) < 4.78 is 2.00. The number of hydrogen-bond donors (Lipinski definition) is 1. The molecule has 6 heteroatoms. The molecule has 1 saturated carbocycles. The van der Waals surface area contributed by atoms with Crippen LogP contribution in [0, 0.1) is 0 Å².